The van der Waals surface area contributed by atoms with Gasteiger partial charge in [-0.3, -0.25) is 0 Å². The molecule has 0 fully saturated rings. The van der Waals surface area contributed by atoms with Gasteiger partial charge in [-0.05, 0) is 19.1 Å². The lowest BCUT2D eigenvalue weighted by atomic mass is 10.1. The van der Waals surface area contributed by atoms with Gasteiger partial charge in [0.05, 0.1) is 11.1 Å². The Bertz CT molecular complexity index is 594. The lowest BCUT2D eigenvalue weighted by Gasteiger charge is -2.24. The lowest BCUT2D eigenvalue weighted by molar-refractivity contribution is 0.439. The molecule has 3 rings (SSSR count). The standard InChI is InChI=1S/C13H13N3.ClH/c1-9-7-15-8-12-5-10-3-2-4-11(6-14)13(10)16(9)12;/h2-5,9,15H,7-8H2,1H3;1H/t9-;/m1./s1. The first kappa shape index (κ1) is 12.0. The van der Waals surface area contributed by atoms with Crippen molar-refractivity contribution < 1.29 is 0 Å². The highest BCUT2D eigenvalue weighted by atomic mass is 35.5. The SMILES string of the molecule is C[C@@H]1CNCc2cc3cccc(C#N)c3n21.Cl. The van der Waals surface area contributed by atoms with Crippen molar-refractivity contribution in [3.05, 3.63) is 35.5 Å². The summed E-state index contributed by atoms with van der Waals surface area (Å²) in [6, 6.07) is 10.8. The molecular weight excluding hydrogens is 234 g/mol. The summed E-state index contributed by atoms with van der Waals surface area (Å²) in [5, 5.41) is 13.7. The van der Waals surface area contributed by atoms with Crippen molar-refractivity contribution in [1.82, 2.24) is 9.88 Å². The van der Waals surface area contributed by atoms with E-state index < -0.39 is 0 Å². The Balaban J connectivity index is 0.00000108. The molecule has 1 aliphatic heterocycles. The molecule has 1 atom stereocenters. The first-order chi connectivity index (χ1) is 7.81. The molecule has 1 aromatic heterocycles. The minimum atomic E-state index is 0. The first-order valence-corrected chi connectivity index (χ1v) is 5.55. The third-order valence-corrected chi connectivity index (χ3v) is 3.25. The minimum Gasteiger partial charge on any atom is -0.338 e. The number of nitrogens with zero attached hydrogens (tertiary/aromatic N) is 2. The molecule has 4 heteroatoms. The van der Waals surface area contributed by atoms with Gasteiger partial charge in [0.15, 0.2) is 0 Å². The largest absolute Gasteiger partial charge is 0.338 e. The topological polar surface area (TPSA) is 40.8 Å². The van der Waals surface area contributed by atoms with Crippen LogP contribution in [0, 0.1) is 11.3 Å². The van der Waals surface area contributed by atoms with Gasteiger partial charge >= 0.3 is 0 Å². The average molecular weight is 248 g/mol. The summed E-state index contributed by atoms with van der Waals surface area (Å²) in [4.78, 5) is 0. The molecule has 1 N–H and O–H groups in total. The summed E-state index contributed by atoms with van der Waals surface area (Å²) in [6.07, 6.45) is 0. The third-order valence-electron chi connectivity index (χ3n) is 3.25. The van der Waals surface area contributed by atoms with Crippen LogP contribution in [0.25, 0.3) is 10.9 Å². The Morgan fingerprint density at radius 3 is 3.06 bits per heavy atom. The van der Waals surface area contributed by atoms with Crippen LogP contribution in [0.1, 0.15) is 24.2 Å². The Morgan fingerprint density at radius 1 is 1.47 bits per heavy atom. The normalized spacial score (nSPS) is 18.2. The van der Waals surface area contributed by atoms with Gasteiger partial charge in [-0.1, -0.05) is 12.1 Å². The molecule has 1 aromatic carbocycles. The molecule has 0 amide bonds. The van der Waals surface area contributed by atoms with Crippen LogP contribution in [0.2, 0.25) is 0 Å². The number of nitriles is 1. The molecule has 0 saturated heterocycles. The fourth-order valence-electron chi connectivity index (χ4n) is 2.57. The zero-order chi connectivity index (χ0) is 11.1. The summed E-state index contributed by atoms with van der Waals surface area (Å²) < 4.78 is 2.30. The number of aromatic nitrogens is 1. The number of rotatable bonds is 0. The number of hydrogen-bond acceptors (Lipinski definition) is 2. The molecule has 0 bridgehead atoms. The van der Waals surface area contributed by atoms with E-state index in [1.807, 2.05) is 12.1 Å². The summed E-state index contributed by atoms with van der Waals surface area (Å²) in [5.41, 5.74) is 3.14. The Labute approximate surface area is 106 Å². The van der Waals surface area contributed by atoms with Gasteiger partial charge < -0.3 is 9.88 Å². The summed E-state index contributed by atoms with van der Waals surface area (Å²) in [6.45, 7) is 4.05. The van der Waals surface area contributed by atoms with Crippen LogP contribution in [0.4, 0.5) is 0 Å². The van der Waals surface area contributed by atoms with E-state index >= 15 is 0 Å². The van der Waals surface area contributed by atoms with Crippen molar-refractivity contribution in [1.29, 1.82) is 5.26 Å². The van der Waals surface area contributed by atoms with Crippen LogP contribution >= 0.6 is 12.4 Å². The van der Waals surface area contributed by atoms with Crippen LogP contribution < -0.4 is 5.32 Å². The van der Waals surface area contributed by atoms with E-state index in [0.29, 0.717) is 6.04 Å². The number of halogens is 1. The van der Waals surface area contributed by atoms with E-state index in [1.165, 1.54) is 11.1 Å². The van der Waals surface area contributed by atoms with E-state index in [9.17, 15) is 0 Å². The Morgan fingerprint density at radius 2 is 2.29 bits per heavy atom. The highest BCUT2D eigenvalue weighted by Crippen LogP contribution is 2.28. The summed E-state index contributed by atoms with van der Waals surface area (Å²) in [7, 11) is 0. The average Bonchev–Trinajstić information content (AvgIpc) is 2.68. The molecule has 0 aliphatic carbocycles. The predicted octanol–water partition coefficient (Wildman–Crippen LogP) is 2.60. The van der Waals surface area contributed by atoms with E-state index in [4.69, 9.17) is 5.26 Å². The van der Waals surface area contributed by atoms with Gasteiger partial charge in [0.1, 0.15) is 6.07 Å². The van der Waals surface area contributed by atoms with Gasteiger partial charge in [-0.15, -0.1) is 12.4 Å². The highest BCUT2D eigenvalue weighted by molar-refractivity contribution is 5.87. The number of benzene rings is 1. The molecule has 1 aliphatic rings. The fraction of sp³-hybridized carbons (Fsp3) is 0.308. The number of hydrogen-bond donors (Lipinski definition) is 1. The van der Waals surface area contributed by atoms with Crippen molar-refractivity contribution >= 4 is 23.3 Å². The van der Waals surface area contributed by atoms with Gasteiger partial charge in [0.25, 0.3) is 0 Å². The Kier molecular flexibility index (Phi) is 3.10. The molecule has 0 radical (unpaired) electrons. The molecular formula is C13H14ClN3. The maximum Gasteiger partial charge on any atom is 0.101 e. The zero-order valence-electron chi connectivity index (χ0n) is 9.60. The second-order valence-corrected chi connectivity index (χ2v) is 4.34. The molecule has 17 heavy (non-hydrogen) atoms. The van der Waals surface area contributed by atoms with Crippen LogP contribution in [-0.4, -0.2) is 11.1 Å². The molecule has 0 spiro atoms. The van der Waals surface area contributed by atoms with Crippen molar-refractivity contribution in [2.45, 2.75) is 19.5 Å². The number of para-hydroxylation sites is 1. The fourth-order valence-corrected chi connectivity index (χ4v) is 2.57. The van der Waals surface area contributed by atoms with E-state index in [1.54, 1.807) is 0 Å². The molecule has 0 unspecified atom stereocenters. The van der Waals surface area contributed by atoms with Crippen LogP contribution in [0.3, 0.4) is 0 Å². The van der Waals surface area contributed by atoms with Crippen LogP contribution in [-0.2, 0) is 6.54 Å². The summed E-state index contributed by atoms with van der Waals surface area (Å²) in [5.74, 6) is 0. The zero-order valence-corrected chi connectivity index (χ0v) is 10.4. The molecule has 3 nitrogen and oxygen atoms in total. The third kappa shape index (κ3) is 1.70. The van der Waals surface area contributed by atoms with Crippen LogP contribution in [0.5, 0.6) is 0 Å². The monoisotopic (exact) mass is 247 g/mol. The predicted molar refractivity (Wildman–Crippen MR) is 70.3 cm³/mol. The van der Waals surface area contributed by atoms with Crippen LogP contribution in [0.15, 0.2) is 24.3 Å². The van der Waals surface area contributed by atoms with Gasteiger partial charge in [-0.25, -0.2) is 0 Å². The van der Waals surface area contributed by atoms with Crippen molar-refractivity contribution in [2.24, 2.45) is 0 Å². The second-order valence-electron chi connectivity index (χ2n) is 4.34. The maximum absolute atomic E-state index is 9.16. The van der Waals surface area contributed by atoms with E-state index in [-0.39, 0.29) is 12.4 Å². The lowest BCUT2D eigenvalue weighted by Crippen LogP contribution is -2.31. The molecule has 0 saturated carbocycles. The number of nitrogens with one attached hydrogen (secondary N) is 1. The van der Waals surface area contributed by atoms with Crippen molar-refractivity contribution in [3.63, 3.8) is 0 Å². The Hall–Kier alpha value is -1.50. The van der Waals surface area contributed by atoms with Gasteiger partial charge in [-0.2, -0.15) is 5.26 Å². The van der Waals surface area contributed by atoms with Crippen molar-refractivity contribution in [3.8, 4) is 6.07 Å². The van der Waals surface area contributed by atoms with Gasteiger partial charge in [0.2, 0.25) is 0 Å². The minimum absolute atomic E-state index is 0. The number of fused-ring (bicyclic) bond motifs is 3. The highest BCUT2D eigenvalue weighted by Gasteiger charge is 2.19. The maximum atomic E-state index is 9.16. The van der Waals surface area contributed by atoms with E-state index in [0.717, 1.165) is 24.2 Å². The molecule has 2 aromatic rings. The first-order valence-electron chi connectivity index (χ1n) is 5.55. The second kappa shape index (κ2) is 4.40. The van der Waals surface area contributed by atoms with Crippen molar-refractivity contribution in [2.75, 3.05) is 6.54 Å². The smallest absolute Gasteiger partial charge is 0.101 e. The quantitative estimate of drug-likeness (QED) is 0.778. The van der Waals surface area contributed by atoms with E-state index in [2.05, 4.69) is 35.0 Å². The molecule has 2 heterocycles. The molecule has 88 valence electrons. The van der Waals surface area contributed by atoms with Gasteiger partial charge in [0, 0.05) is 30.2 Å². The summed E-state index contributed by atoms with van der Waals surface area (Å²) >= 11 is 0.